The highest BCUT2D eigenvalue weighted by molar-refractivity contribution is 5.96. The van der Waals surface area contributed by atoms with Crippen molar-refractivity contribution in [3.63, 3.8) is 0 Å². The Morgan fingerprint density at radius 2 is 1.78 bits per heavy atom. The molecule has 51 heavy (non-hydrogen) atoms. The van der Waals surface area contributed by atoms with Crippen LogP contribution in [0.1, 0.15) is 59.3 Å². The highest BCUT2D eigenvalue weighted by Crippen LogP contribution is 2.45. The van der Waals surface area contributed by atoms with Gasteiger partial charge >= 0.3 is 12.1 Å². The van der Waals surface area contributed by atoms with Crippen molar-refractivity contribution in [2.45, 2.75) is 89.1 Å². The number of ether oxygens (including phenoxy) is 3. The predicted octanol–water partition coefficient (Wildman–Crippen LogP) is 5.49. The van der Waals surface area contributed by atoms with Crippen LogP contribution in [0.4, 0.5) is 4.79 Å². The fourth-order valence-corrected chi connectivity index (χ4v) is 7.15. The molecule has 3 N–H and O–H groups in total. The maximum Gasteiger partial charge on any atom is 0.408 e. The van der Waals surface area contributed by atoms with Crippen LogP contribution in [0.5, 0.6) is 11.5 Å². The molecule has 0 unspecified atom stereocenters. The van der Waals surface area contributed by atoms with Crippen molar-refractivity contribution in [1.29, 1.82) is 0 Å². The van der Waals surface area contributed by atoms with Crippen molar-refractivity contribution in [2.75, 3.05) is 13.7 Å². The van der Waals surface area contributed by atoms with Gasteiger partial charge in [-0.2, -0.15) is 0 Å². The molecule has 3 aromatic rings. The zero-order valence-corrected chi connectivity index (χ0v) is 29.5. The van der Waals surface area contributed by atoms with Crippen LogP contribution in [0.3, 0.4) is 0 Å². The molecule has 12 heteroatoms. The van der Waals surface area contributed by atoms with Crippen LogP contribution in [0.25, 0.3) is 22.2 Å². The van der Waals surface area contributed by atoms with Crippen LogP contribution in [-0.2, 0) is 19.1 Å². The minimum absolute atomic E-state index is 0.00839. The maximum atomic E-state index is 14.5. The molecule has 1 aromatic heterocycles. The summed E-state index contributed by atoms with van der Waals surface area (Å²) < 4.78 is 17.8. The highest BCUT2D eigenvalue weighted by atomic mass is 16.6. The minimum atomic E-state index is -1.50. The summed E-state index contributed by atoms with van der Waals surface area (Å²) in [5.74, 6) is -1.59. The van der Waals surface area contributed by atoms with E-state index in [4.69, 9.17) is 19.2 Å². The fourth-order valence-electron chi connectivity index (χ4n) is 7.15. The number of nitrogens with one attached hydrogen (secondary N) is 2. The molecule has 270 valence electrons. The number of amides is 3. The van der Waals surface area contributed by atoms with Gasteiger partial charge in [-0.25, -0.2) is 14.6 Å². The Labute approximate surface area is 297 Å². The normalized spacial score (nSPS) is 23.7. The van der Waals surface area contributed by atoms with Crippen molar-refractivity contribution < 1.29 is 38.5 Å². The maximum absolute atomic E-state index is 14.5. The molecular formula is C39H46N4O8. The second-order valence-corrected chi connectivity index (χ2v) is 14.8. The predicted molar refractivity (Wildman–Crippen MR) is 190 cm³/mol. The Bertz CT molecular complexity index is 1820. The number of alkyl carbamates (subject to hydrolysis) is 1. The summed E-state index contributed by atoms with van der Waals surface area (Å²) in [4.78, 5) is 60.2. The molecule has 6 rings (SSSR count). The summed E-state index contributed by atoms with van der Waals surface area (Å²) in [6, 6.07) is 14.8. The number of rotatable bonds is 11. The van der Waals surface area contributed by atoms with E-state index in [-0.39, 0.29) is 25.5 Å². The topological polar surface area (TPSA) is 156 Å². The molecule has 2 saturated carbocycles. The van der Waals surface area contributed by atoms with Gasteiger partial charge in [-0.1, -0.05) is 57.2 Å². The summed E-state index contributed by atoms with van der Waals surface area (Å²) in [7, 11) is 1.58. The Morgan fingerprint density at radius 1 is 1.06 bits per heavy atom. The van der Waals surface area contributed by atoms with Gasteiger partial charge in [0.25, 0.3) is 0 Å². The molecule has 2 aromatic carbocycles. The zero-order chi connectivity index (χ0) is 36.5. The number of benzene rings is 2. The summed E-state index contributed by atoms with van der Waals surface area (Å²) >= 11 is 0. The lowest BCUT2D eigenvalue weighted by molar-refractivity contribution is -0.146. The van der Waals surface area contributed by atoms with E-state index in [1.165, 1.54) is 11.0 Å². The smallest absolute Gasteiger partial charge is 0.408 e. The van der Waals surface area contributed by atoms with E-state index in [2.05, 4.69) is 17.2 Å². The fraction of sp³-hybridized carbons (Fsp3) is 0.462. The van der Waals surface area contributed by atoms with Crippen molar-refractivity contribution in [2.24, 2.45) is 11.3 Å². The lowest BCUT2D eigenvalue weighted by atomic mass is 9.85. The van der Waals surface area contributed by atoms with Crippen LogP contribution in [0.2, 0.25) is 0 Å². The number of carbonyl (C=O) groups is 4. The van der Waals surface area contributed by atoms with E-state index in [0.717, 1.165) is 31.2 Å². The van der Waals surface area contributed by atoms with Crippen molar-refractivity contribution in [3.8, 4) is 22.8 Å². The van der Waals surface area contributed by atoms with E-state index in [1.807, 2.05) is 69.3 Å². The number of nitrogens with zero attached hydrogens (tertiary/aromatic N) is 2. The third kappa shape index (κ3) is 7.50. The van der Waals surface area contributed by atoms with Gasteiger partial charge in [0.05, 0.1) is 24.9 Å². The van der Waals surface area contributed by atoms with Crippen LogP contribution in [0.15, 0.2) is 67.3 Å². The van der Waals surface area contributed by atoms with Gasteiger partial charge in [0, 0.05) is 35.4 Å². The number of carboxylic acids is 1. The van der Waals surface area contributed by atoms with E-state index < -0.39 is 58.9 Å². The molecule has 1 aliphatic heterocycles. The molecule has 0 radical (unpaired) electrons. The molecule has 3 fully saturated rings. The van der Waals surface area contributed by atoms with E-state index >= 15 is 0 Å². The zero-order valence-electron chi connectivity index (χ0n) is 29.5. The number of methoxy groups -OCH3 is 1. The molecule has 5 atom stereocenters. The first-order valence-electron chi connectivity index (χ1n) is 17.5. The molecular weight excluding hydrogens is 652 g/mol. The third-order valence-corrected chi connectivity index (χ3v) is 10.2. The van der Waals surface area contributed by atoms with Crippen molar-refractivity contribution in [1.82, 2.24) is 20.5 Å². The number of pyridine rings is 1. The molecule has 0 spiro atoms. The van der Waals surface area contributed by atoms with Crippen LogP contribution in [-0.4, -0.2) is 82.4 Å². The van der Waals surface area contributed by atoms with E-state index in [0.29, 0.717) is 28.1 Å². The number of aromatic nitrogens is 1. The number of fused-ring (bicyclic) bond motifs is 1. The second-order valence-electron chi connectivity index (χ2n) is 14.8. The summed E-state index contributed by atoms with van der Waals surface area (Å²) in [6.07, 6.45) is 3.73. The molecule has 3 amide bonds. The van der Waals surface area contributed by atoms with Gasteiger partial charge in [0.2, 0.25) is 11.8 Å². The Balaban J connectivity index is 1.32. The summed E-state index contributed by atoms with van der Waals surface area (Å²) in [6.45, 7) is 9.20. The standard InChI is InChI=1S/C39H46N4O8/c1-6-24-21-39(24,36(46)47)42-34(44)31-19-27(22-43(31)35(45)33(38(2,3)4)41-37(48)51-25-14-10-11-15-25)50-32-20-29(23-12-8-7-9-13-23)40-30-18-26(49-5)16-17-28(30)32/h6-9,12-13,16-18,20,24-25,27,31,33H,1,10-11,14-15,19,21-22H2,2-5H3,(H,41,48)(H,42,44)(H,46,47)/t24-,27-,31+,33-,39-/m1/s1. The first kappa shape index (κ1) is 35.7. The van der Waals surface area contributed by atoms with Gasteiger partial charge in [0.1, 0.15) is 41.3 Å². The van der Waals surface area contributed by atoms with Gasteiger partial charge in [0.15, 0.2) is 0 Å². The summed E-state index contributed by atoms with van der Waals surface area (Å²) in [5.41, 5.74) is -0.0855. The average molecular weight is 699 g/mol. The Morgan fingerprint density at radius 3 is 2.41 bits per heavy atom. The van der Waals surface area contributed by atoms with Crippen molar-refractivity contribution in [3.05, 3.63) is 67.3 Å². The number of hydrogen-bond acceptors (Lipinski definition) is 8. The number of hydrogen-bond donors (Lipinski definition) is 3. The van der Waals surface area contributed by atoms with Crippen LogP contribution < -0.4 is 20.1 Å². The van der Waals surface area contributed by atoms with Gasteiger partial charge < -0.3 is 34.9 Å². The first-order chi connectivity index (χ1) is 24.3. The highest BCUT2D eigenvalue weighted by Gasteiger charge is 2.61. The summed E-state index contributed by atoms with van der Waals surface area (Å²) in [5, 5.41) is 16.3. The molecule has 2 aliphatic carbocycles. The molecule has 12 nitrogen and oxygen atoms in total. The van der Waals surface area contributed by atoms with Crippen molar-refractivity contribution >= 4 is 34.8 Å². The SMILES string of the molecule is C=C[C@@H]1C[C@]1(NC(=O)[C@@H]1C[C@@H](Oc2cc(-c3ccccc3)nc3cc(OC)ccc23)CN1C(=O)[C@@H](NC(=O)OC1CCCC1)C(C)(C)C)C(=O)O. The largest absolute Gasteiger partial charge is 0.497 e. The van der Waals surface area contributed by atoms with Gasteiger partial charge in [-0.3, -0.25) is 9.59 Å². The molecule has 3 aliphatic rings. The Hall–Kier alpha value is -5.13. The number of likely N-dealkylation sites (tertiary alicyclic amines) is 1. The lowest BCUT2D eigenvalue weighted by Gasteiger charge is -2.35. The average Bonchev–Trinajstić information content (AvgIpc) is 3.37. The second kappa shape index (κ2) is 14.2. The lowest BCUT2D eigenvalue weighted by Crippen LogP contribution is -2.59. The van der Waals surface area contributed by atoms with Gasteiger partial charge in [-0.15, -0.1) is 6.58 Å². The van der Waals surface area contributed by atoms with E-state index in [9.17, 15) is 24.3 Å². The number of carboxylic acid groups (broad SMARTS) is 1. The van der Waals surface area contributed by atoms with E-state index in [1.54, 1.807) is 13.2 Å². The Kier molecular flexibility index (Phi) is 9.97. The molecule has 2 heterocycles. The number of aliphatic carboxylic acids is 1. The monoisotopic (exact) mass is 698 g/mol. The van der Waals surface area contributed by atoms with Crippen LogP contribution in [0, 0.1) is 11.3 Å². The van der Waals surface area contributed by atoms with Crippen LogP contribution >= 0.6 is 0 Å². The molecule has 0 bridgehead atoms. The number of carbonyl (C=O) groups excluding carboxylic acids is 3. The quantitative estimate of drug-likeness (QED) is 0.221. The molecule has 1 saturated heterocycles. The van der Waals surface area contributed by atoms with Gasteiger partial charge in [-0.05, 0) is 49.7 Å². The first-order valence-corrected chi connectivity index (χ1v) is 17.5. The third-order valence-electron chi connectivity index (χ3n) is 10.2. The minimum Gasteiger partial charge on any atom is -0.497 e.